The van der Waals surface area contributed by atoms with Crippen LogP contribution < -0.4 is 15.4 Å². The van der Waals surface area contributed by atoms with Gasteiger partial charge in [0.1, 0.15) is 5.75 Å². The topological polar surface area (TPSA) is 106 Å². The van der Waals surface area contributed by atoms with Crippen molar-refractivity contribution in [1.29, 1.82) is 0 Å². The van der Waals surface area contributed by atoms with Crippen molar-refractivity contribution >= 4 is 17.5 Å². The second-order valence-electron chi connectivity index (χ2n) is 7.77. The Morgan fingerprint density at radius 3 is 2.55 bits per heavy atom. The molecule has 0 saturated heterocycles. The van der Waals surface area contributed by atoms with Crippen LogP contribution in [0.15, 0.2) is 28.8 Å². The lowest BCUT2D eigenvalue weighted by atomic mass is 9.78. The van der Waals surface area contributed by atoms with E-state index in [1.165, 1.54) is 6.42 Å². The van der Waals surface area contributed by atoms with Gasteiger partial charge in [0.2, 0.25) is 0 Å². The number of rotatable bonds is 6. The number of hydrogen-bond donors (Lipinski definition) is 2. The number of amides is 2. The summed E-state index contributed by atoms with van der Waals surface area (Å²) in [5.41, 5.74) is 0.523. The van der Waals surface area contributed by atoms with Crippen molar-refractivity contribution in [3.8, 4) is 5.75 Å². The fourth-order valence-electron chi connectivity index (χ4n) is 3.74. The first kappa shape index (κ1) is 20.8. The SMILES string of the molecule is Cc1noc(COc2ccc(NC(=O)C(=O)NC3CCCCC3C(C)C)cc2)n1. The van der Waals surface area contributed by atoms with Gasteiger partial charge in [-0.2, -0.15) is 4.98 Å². The third kappa shape index (κ3) is 5.79. The van der Waals surface area contributed by atoms with Crippen LogP contribution in [0.25, 0.3) is 0 Å². The molecule has 2 unspecified atom stereocenters. The third-order valence-electron chi connectivity index (χ3n) is 5.24. The summed E-state index contributed by atoms with van der Waals surface area (Å²) in [5.74, 6) is 1.17. The van der Waals surface area contributed by atoms with E-state index in [9.17, 15) is 9.59 Å². The first-order valence-electron chi connectivity index (χ1n) is 10.1. The highest BCUT2D eigenvalue weighted by Crippen LogP contribution is 2.30. The predicted molar refractivity (Wildman–Crippen MR) is 107 cm³/mol. The van der Waals surface area contributed by atoms with Gasteiger partial charge < -0.3 is 19.9 Å². The lowest BCUT2D eigenvalue weighted by Gasteiger charge is -2.34. The van der Waals surface area contributed by atoms with Crippen LogP contribution in [0.5, 0.6) is 5.75 Å². The molecule has 0 radical (unpaired) electrons. The van der Waals surface area contributed by atoms with Crippen molar-refractivity contribution in [2.75, 3.05) is 5.32 Å². The van der Waals surface area contributed by atoms with Gasteiger partial charge in [-0.25, -0.2) is 0 Å². The van der Waals surface area contributed by atoms with E-state index in [0.29, 0.717) is 35.0 Å². The Kier molecular flexibility index (Phi) is 6.85. The van der Waals surface area contributed by atoms with Gasteiger partial charge >= 0.3 is 11.8 Å². The van der Waals surface area contributed by atoms with Gasteiger partial charge in [0.15, 0.2) is 12.4 Å². The van der Waals surface area contributed by atoms with E-state index >= 15 is 0 Å². The largest absolute Gasteiger partial charge is 0.484 e. The Hall–Kier alpha value is -2.90. The summed E-state index contributed by atoms with van der Waals surface area (Å²) in [6.07, 6.45) is 4.28. The summed E-state index contributed by atoms with van der Waals surface area (Å²) < 4.78 is 10.5. The normalized spacial score (nSPS) is 19.0. The Labute approximate surface area is 170 Å². The highest BCUT2D eigenvalue weighted by molar-refractivity contribution is 6.39. The van der Waals surface area contributed by atoms with Crippen LogP contribution >= 0.6 is 0 Å². The van der Waals surface area contributed by atoms with Gasteiger partial charge in [0.25, 0.3) is 5.89 Å². The first-order chi connectivity index (χ1) is 13.9. The second kappa shape index (κ2) is 9.54. The van der Waals surface area contributed by atoms with E-state index in [4.69, 9.17) is 9.26 Å². The van der Waals surface area contributed by atoms with E-state index in [-0.39, 0.29) is 12.6 Å². The van der Waals surface area contributed by atoms with Gasteiger partial charge in [-0.1, -0.05) is 31.8 Å². The van der Waals surface area contributed by atoms with E-state index < -0.39 is 11.8 Å². The lowest BCUT2D eigenvalue weighted by Crippen LogP contribution is -2.47. The number of benzene rings is 1. The Morgan fingerprint density at radius 2 is 1.90 bits per heavy atom. The number of nitrogens with zero attached hydrogens (tertiary/aromatic N) is 2. The molecule has 1 aliphatic carbocycles. The van der Waals surface area contributed by atoms with Gasteiger partial charge in [-0.05, 0) is 55.9 Å². The molecule has 2 N–H and O–H groups in total. The zero-order chi connectivity index (χ0) is 20.8. The summed E-state index contributed by atoms with van der Waals surface area (Å²) in [7, 11) is 0. The quantitative estimate of drug-likeness (QED) is 0.721. The average molecular weight is 400 g/mol. The van der Waals surface area contributed by atoms with E-state index in [1.54, 1.807) is 31.2 Å². The van der Waals surface area contributed by atoms with Crippen molar-refractivity contribution in [3.05, 3.63) is 36.0 Å². The smallest absolute Gasteiger partial charge is 0.313 e. The molecule has 0 aliphatic heterocycles. The molecule has 156 valence electrons. The van der Waals surface area contributed by atoms with Crippen LogP contribution in [0.4, 0.5) is 5.69 Å². The maximum Gasteiger partial charge on any atom is 0.313 e. The van der Waals surface area contributed by atoms with Crippen LogP contribution in [-0.2, 0) is 16.2 Å². The van der Waals surface area contributed by atoms with E-state index in [0.717, 1.165) is 19.3 Å². The van der Waals surface area contributed by atoms with Crippen LogP contribution in [0, 0.1) is 18.8 Å². The second-order valence-corrected chi connectivity index (χ2v) is 7.77. The predicted octanol–water partition coefficient (Wildman–Crippen LogP) is 3.23. The maximum atomic E-state index is 12.3. The van der Waals surface area contributed by atoms with Gasteiger partial charge in [0.05, 0.1) is 0 Å². The van der Waals surface area contributed by atoms with Crippen LogP contribution in [-0.4, -0.2) is 28.0 Å². The molecule has 8 nitrogen and oxygen atoms in total. The van der Waals surface area contributed by atoms with Crippen molar-refractivity contribution in [1.82, 2.24) is 15.5 Å². The number of nitrogens with one attached hydrogen (secondary N) is 2. The Morgan fingerprint density at radius 1 is 1.17 bits per heavy atom. The average Bonchev–Trinajstić information content (AvgIpc) is 3.13. The summed E-state index contributed by atoms with van der Waals surface area (Å²) in [4.78, 5) is 28.7. The zero-order valence-electron chi connectivity index (χ0n) is 17.1. The molecule has 1 saturated carbocycles. The molecular weight excluding hydrogens is 372 g/mol. The molecule has 1 fully saturated rings. The highest BCUT2D eigenvalue weighted by atomic mass is 16.5. The Bertz CT molecular complexity index is 831. The molecule has 1 aromatic carbocycles. The summed E-state index contributed by atoms with van der Waals surface area (Å²) in [6.45, 7) is 6.22. The molecule has 1 aliphatic rings. The van der Waals surface area contributed by atoms with Crippen molar-refractivity contribution in [2.45, 2.75) is 59.1 Å². The molecule has 2 amide bonds. The molecule has 29 heavy (non-hydrogen) atoms. The highest BCUT2D eigenvalue weighted by Gasteiger charge is 2.30. The number of aryl methyl sites for hydroxylation is 1. The number of anilines is 1. The molecular formula is C21H28N4O4. The number of carbonyl (C=O) groups is 2. The molecule has 2 aromatic rings. The summed E-state index contributed by atoms with van der Waals surface area (Å²) >= 11 is 0. The molecule has 0 bridgehead atoms. The van der Waals surface area contributed by atoms with Gasteiger partial charge in [0, 0.05) is 11.7 Å². The fourth-order valence-corrected chi connectivity index (χ4v) is 3.74. The summed E-state index contributed by atoms with van der Waals surface area (Å²) in [5, 5.41) is 9.25. The van der Waals surface area contributed by atoms with Crippen LogP contribution in [0.3, 0.4) is 0 Å². The molecule has 8 heteroatoms. The number of ether oxygens (including phenoxy) is 1. The van der Waals surface area contributed by atoms with Gasteiger partial charge in [-0.15, -0.1) is 0 Å². The maximum absolute atomic E-state index is 12.3. The van der Waals surface area contributed by atoms with Crippen LogP contribution in [0.2, 0.25) is 0 Å². The standard InChI is InChI=1S/C21H28N4O4/c1-13(2)17-6-4-5-7-18(17)24-21(27)20(26)23-15-8-10-16(11-9-15)28-12-19-22-14(3)25-29-19/h8-11,13,17-18H,4-7,12H2,1-3H3,(H,23,26)(H,24,27). The van der Waals surface area contributed by atoms with Gasteiger partial charge in [-0.3, -0.25) is 9.59 Å². The molecule has 0 spiro atoms. The van der Waals surface area contributed by atoms with E-state index in [2.05, 4.69) is 34.6 Å². The van der Waals surface area contributed by atoms with Crippen molar-refractivity contribution < 1.29 is 18.8 Å². The minimum absolute atomic E-state index is 0.0612. The lowest BCUT2D eigenvalue weighted by molar-refractivity contribution is -0.137. The number of aromatic nitrogens is 2. The summed E-state index contributed by atoms with van der Waals surface area (Å²) in [6, 6.07) is 6.82. The molecule has 1 aromatic heterocycles. The number of carbonyl (C=O) groups excluding carboxylic acids is 2. The number of hydrogen-bond acceptors (Lipinski definition) is 6. The first-order valence-corrected chi connectivity index (χ1v) is 10.1. The Balaban J connectivity index is 1.49. The minimum atomic E-state index is -0.659. The molecule has 3 rings (SSSR count). The van der Waals surface area contributed by atoms with Crippen LogP contribution in [0.1, 0.15) is 51.2 Å². The minimum Gasteiger partial charge on any atom is -0.484 e. The fraction of sp³-hybridized carbons (Fsp3) is 0.524. The zero-order valence-corrected chi connectivity index (χ0v) is 17.1. The van der Waals surface area contributed by atoms with E-state index in [1.807, 2.05) is 0 Å². The van der Waals surface area contributed by atoms with Crippen molar-refractivity contribution in [3.63, 3.8) is 0 Å². The monoisotopic (exact) mass is 400 g/mol. The molecule has 1 heterocycles. The van der Waals surface area contributed by atoms with Crippen molar-refractivity contribution in [2.24, 2.45) is 11.8 Å². The molecule has 2 atom stereocenters. The third-order valence-corrected chi connectivity index (χ3v) is 5.24.